The molecule has 6 heteroatoms. The molecule has 1 heterocycles. The van der Waals surface area contributed by atoms with E-state index in [0.29, 0.717) is 16.0 Å². The van der Waals surface area contributed by atoms with Crippen LogP contribution in [0, 0.1) is 12.7 Å². The Kier molecular flexibility index (Phi) is 3.87. The zero-order chi connectivity index (χ0) is 13.3. The van der Waals surface area contributed by atoms with Crippen LogP contribution < -0.4 is 11.1 Å². The number of aryl methyl sites for hydroxylation is 1. The lowest BCUT2D eigenvalue weighted by Gasteiger charge is -2.11. The zero-order valence-corrected chi connectivity index (χ0v) is 12.6. The van der Waals surface area contributed by atoms with Crippen LogP contribution in [0.5, 0.6) is 0 Å². The molecule has 0 aliphatic heterocycles. The summed E-state index contributed by atoms with van der Waals surface area (Å²) in [4.78, 5) is 4.17. The number of benzene rings is 1. The smallest absolute Gasteiger partial charge is 0.153 e. The first-order valence-corrected chi connectivity index (χ1v) is 6.69. The summed E-state index contributed by atoms with van der Waals surface area (Å²) in [5.74, 6) is 0.245. The van der Waals surface area contributed by atoms with Crippen LogP contribution >= 0.6 is 31.9 Å². The first kappa shape index (κ1) is 13.3. The van der Waals surface area contributed by atoms with Crippen molar-refractivity contribution < 1.29 is 4.39 Å². The van der Waals surface area contributed by atoms with E-state index >= 15 is 0 Å². The molecule has 2 aromatic rings. The number of halogens is 3. The predicted octanol–water partition coefficient (Wildman–Crippen LogP) is 4.38. The van der Waals surface area contributed by atoms with Crippen molar-refractivity contribution in [2.45, 2.75) is 6.92 Å². The van der Waals surface area contributed by atoms with Gasteiger partial charge in [0.15, 0.2) is 5.82 Å². The first-order valence-electron chi connectivity index (χ1n) is 5.11. The molecule has 0 saturated heterocycles. The summed E-state index contributed by atoms with van der Waals surface area (Å²) in [6, 6.07) is 4.86. The van der Waals surface area contributed by atoms with Crippen molar-refractivity contribution >= 4 is 49.1 Å². The third-order valence-corrected chi connectivity index (χ3v) is 3.45. The molecule has 0 fully saturated rings. The number of aromatic nitrogens is 1. The van der Waals surface area contributed by atoms with Gasteiger partial charge >= 0.3 is 0 Å². The second-order valence-corrected chi connectivity index (χ2v) is 5.57. The molecule has 0 bridgehead atoms. The van der Waals surface area contributed by atoms with Gasteiger partial charge in [-0.2, -0.15) is 0 Å². The Morgan fingerprint density at radius 2 is 2.00 bits per heavy atom. The highest BCUT2D eigenvalue weighted by molar-refractivity contribution is 9.10. The van der Waals surface area contributed by atoms with E-state index < -0.39 is 0 Å². The highest BCUT2D eigenvalue weighted by Crippen LogP contribution is 2.29. The number of hydrogen-bond donors (Lipinski definition) is 2. The van der Waals surface area contributed by atoms with Crippen molar-refractivity contribution in [3.8, 4) is 0 Å². The van der Waals surface area contributed by atoms with Gasteiger partial charge in [0.05, 0.1) is 10.2 Å². The fraction of sp³-hybridized carbons (Fsp3) is 0.0833. The Hall–Kier alpha value is -1.14. The lowest BCUT2D eigenvalue weighted by molar-refractivity contribution is 0.620. The van der Waals surface area contributed by atoms with E-state index in [0.717, 1.165) is 15.7 Å². The number of nitrogens with two attached hydrogens (primary N) is 1. The van der Waals surface area contributed by atoms with Crippen molar-refractivity contribution in [2.24, 2.45) is 0 Å². The van der Waals surface area contributed by atoms with Crippen molar-refractivity contribution in [3.63, 3.8) is 0 Å². The van der Waals surface area contributed by atoms with Gasteiger partial charge in [-0.25, -0.2) is 9.37 Å². The van der Waals surface area contributed by atoms with E-state index in [1.165, 1.54) is 6.07 Å². The Labute approximate surface area is 121 Å². The molecule has 18 heavy (non-hydrogen) atoms. The van der Waals surface area contributed by atoms with Crippen molar-refractivity contribution in [1.82, 2.24) is 4.98 Å². The van der Waals surface area contributed by atoms with Crippen LogP contribution in [0.1, 0.15) is 5.56 Å². The normalized spacial score (nSPS) is 10.4. The molecule has 2 rings (SSSR count). The van der Waals surface area contributed by atoms with Gasteiger partial charge in [0.25, 0.3) is 0 Å². The molecule has 0 spiro atoms. The lowest BCUT2D eigenvalue weighted by atomic mass is 10.2. The minimum atomic E-state index is -0.296. The fourth-order valence-corrected chi connectivity index (χ4v) is 2.16. The van der Waals surface area contributed by atoms with E-state index in [9.17, 15) is 4.39 Å². The molecule has 0 aliphatic carbocycles. The number of nitrogen functional groups attached to an aromatic ring is 1. The minimum Gasteiger partial charge on any atom is -0.396 e. The highest BCUT2D eigenvalue weighted by atomic mass is 79.9. The van der Waals surface area contributed by atoms with Crippen molar-refractivity contribution in [1.29, 1.82) is 0 Å². The monoisotopic (exact) mass is 373 g/mol. The highest BCUT2D eigenvalue weighted by Gasteiger charge is 2.08. The summed E-state index contributed by atoms with van der Waals surface area (Å²) in [5, 5.41) is 3.08. The summed E-state index contributed by atoms with van der Waals surface area (Å²) in [5.41, 5.74) is 7.90. The summed E-state index contributed by atoms with van der Waals surface area (Å²) in [7, 11) is 0. The van der Waals surface area contributed by atoms with E-state index in [1.54, 1.807) is 18.3 Å². The Balaban J connectivity index is 2.37. The van der Waals surface area contributed by atoms with Crippen LogP contribution in [0.4, 0.5) is 21.6 Å². The second-order valence-electron chi connectivity index (χ2n) is 3.80. The maximum absolute atomic E-state index is 13.3. The van der Waals surface area contributed by atoms with E-state index in [-0.39, 0.29) is 5.82 Å². The number of pyridine rings is 1. The summed E-state index contributed by atoms with van der Waals surface area (Å²) < 4.78 is 14.5. The topological polar surface area (TPSA) is 50.9 Å². The Morgan fingerprint density at radius 3 is 2.67 bits per heavy atom. The SMILES string of the molecule is Cc1cc(F)c(Br)cc1Nc1ncc(Br)cc1N. The molecule has 1 aromatic carbocycles. The summed E-state index contributed by atoms with van der Waals surface area (Å²) in [6.45, 7) is 1.81. The largest absolute Gasteiger partial charge is 0.396 e. The van der Waals surface area contributed by atoms with Crippen LogP contribution in [0.2, 0.25) is 0 Å². The quantitative estimate of drug-likeness (QED) is 0.820. The maximum atomic E-state index is 13.3. The number of anilines is 3. The third-order valence-electron chi connectivity index (χ3n) is 2.40. The number of nitrogens with zero attached hydrogens (tertiary/aromatic N) is 1. The van der Waals surface area contributed by atoms with Crippen molar-refractivity contribution in [2.75, 3.05) is 11.1 Å². The van der Waals surface area contributed by atoms with Crippen LogP contribution in [0.3, 0.4) is 0 Å². The number of hydrogen-bond acceptors (Lipinski definition) is 3. The van der Waals surface area contributed by atoms with Gasteiger partial charge in [0.2, 0.25) is 0 Å². The fourth-order valence-electron chi connectivity index (χ4n) is 1.47. The molecule has 0 saturated carbocycles. The van der Waals surface area contributed by atoms with Gasteiger partial charge < -0.3 is 11.1 Å². The predicted molar refractivity (Wildman–Crippen MR) is 78.5 cm³/mol. The van der Waals surface area contributed by atoms with Gasteiger partial charge in [0.1, 0.15) is 5.82 Å². The standard InChI is InChI=1S/C12H10Br2FN3/c1-6-2-9(15)8(14)4-11(6)18-12-10(16)3-7(13)5-17-12/h2-5H,16H2,1H3,(H,17,18). The van der Waals surface area contributed by atoms with Gasteiger partial charge in [-0.15, -0.1) is 0 Å². The van der Waals surface area contributed by atoms with Crippen LogP contribution in [-0.2, 0) is 0 Å². The molecule has 0 radical (unpaired) electrons. The Morgan fingerprint density at radius 1 is 1.28 bits per heavy atom. The third kappa shape index (κ3) is 2.81. The van der Waals surface area contributed by atoms with Crippen LogP contribution in [0.15, 0.2) is 33.3 Å². The number of rotatable bonds is 2. The molecule has 1 aromatic heterocycles. The van der Waals surface area contributed by atoms with Crippen molar-refractivity contribution in [3.05, 3.63) is 44.7 Å². The molecular weight excluding hydrogens is 365 g/mol. The molecule has 0 unspecified atom stereocenters. The summed E-state index contributed by atoms with van der Waals surface area (Å²) in [6.07, 6.45) is 1.65. The number of nitrogens with one attached hydrogen (secondary N) is 1. The molecule has 94 valence electrons. The molecule has 0 amide bonds. The van der Waals surface area contributed by atoms with Crippen LogP contribution in [-0.4, -0.2) is 4.98 Å². The molecule has 0 aliphatic rings. The van der Waals surface area contributed by atoms with Gasteiger partial charge in [-0.1, -0.05) is 0 Å². The van der Waals surface area contributed by atoms with Gasteiger partial charge in [-0.3, -0.25) is 0 Å². The average molecular weight is 375 g/mol. The van der Waals surface area contributed by atoms with Gasteiger partial charge in [-0.05, 0) is 62.5 Å². The van der Waals surface area contributed by atoms with Crippen LogP contribution in [0.25, 0.3) is 0 Å². The van der Waals surface area contributed by atoms with E-state index in [1.807, 2.05) is 6.92 Å². The minimum absolute atomic E-state index is 0.296. The van der Waals surface area contributed by atoms with Gasteiger partial charge in [0, 0.05) is 16.4 Å². The summed E-state index contributed by atoms with van der Waals surface area (Å²) >= 11 is 6.44. The first-order chi connectivity index (χ1) is 8.47. The lowest BCUT2D eigenvalue weighted by Crippen LogP contribution is -2.01. The molecular formula is C12H10Br2FN3. The van der Waals surface area contributed by atoms with E-state index in [2.05, 4.69) is 42.2 Å². The van der Waals surface area contributed by atoms with E-state index in [4.69, 9.17) is 5.73 Å². The molecule has 0 atom stereocenters. The molecule has 3 nitrogen and oxygen atoms in total. The Bertz CT molecular complexity index is 602. The second kappa shape index (κ2) is 5.24. The molecule has 3 N–H and O–H groups in total. The zero-order valence-electron chi connectivity index (χ0n) is 9.47. The maximum Gasteiger partial charge on any atom is 0.153 e. The average Bonchev–Trinajstić information content (AvgIpc) is 2.29.